The summed E-state index contributed by atoms with van der Waals surface area (Å²) in [6.45, 7) is 0.520. The maximum absolute atomic E-state index is 12.0. The molecule has 0 aliphatic heterocycles. The van der Waals surface area contributed by atoms with Crippen LogP contribution in [-0.2, 0) is 11.2 Å². The molecule has 0 radical (unpaired) electrons. The van der Waals surface area contributed by atoms with Crippen molar-refractivity contribution < 1.29 is 4.79 Å². The summed E-state index contributed by atoms with van der Waals surface area (Å²) in [5.74, 6) is 0.581. The average Bonchev–Trinajstić information content (AvgIpc) is 2.89. The molecule has 1 unspecified atom stereocenters. The second-order valence-electron chi connectivity index (χ2n) is 5.26. The maximum atomic E-state index is 12.0. The lowest BCUT2D eigenvalue weighted by molar-refractivity contribution is -0.121. The molecule has 1 atom stereocenters. The van der Waals surface area contributed by atoms with E-state index in [1.165, 1.54) is 25.7 Å². The zero-order valence-electron chi connectivity index (χ0n) is 11.1. The van der Waals surface area contributed by atoms with Crippen molar-refractivity contribution in [2.24, 2.45) is 11.7 Å². The lowest BCUT2D eigenvalue weighted by Crippen LogP contribution is -2.45. The van der Waals surface area contributed by atoms with Crippen LogP contribution in [0.25, 0.3) is 0 Å². The molecule has 0 bridgehead atoms. The first-order valence-electron chi connectivity index (χ1n) is 6.93. The zero-order chi connectivity index (χ0) is 13.7. The Morgan fingerprint density at radius 3 is 2.79 bits per heavy atom. The minimum Gasteiger partial charge on any atom is -0.352 e. The van der Waals surface area contributed by atoms with Crippen molar-refractivity contribution in [3.05, 3.63) is 34.9 Å². The SMILES string of the molecule is NCC(NC(=O)Cc1cccc(Cl)c1)C1CCCC1. The van der Waals surface area contributed by atoms with Gasteiger partial charge in [-0.1, -0.05) is 36.6 Å². The highest BCUT2D eigenvalue weighted by Gasteiger charge is 2.25. The summed E-state index contributed by atoms with van der Waals surface area (Å²) < 4.78 is 0. The van der Waals surface area contributed by atoms with Crippen LogP contribution < -0.4 is 11.1 Å². The second kappa shape index (κ2) is 6.92. The summed E-state index contributed by atoms with van der Waals surface area (Å²) >= 11 is 5.91. The first-order valence-corrected chi connectivity index (χ1v) is 7.30. The van der Waals surface area contributed by atoms with Gasteiger partial charge >= 0.3 is 0 Å². The Kier molecular flexibility index (Phi) is 5.23. The highest BCUT2D eigenvalue weighted by Crippen LogP contribution is 2.27. The van der Waals surface area contributed by atoms with Gasteiger partial charge in [0.25, 0.3) is 0 Å². The second-order valence-corrected chi connectivity index (χ2v) is 5.70. The van der Waals surface area contributed by atoms with Crippen molar-refractivity contribution in [3.63, 3.8) is 0 Å². The molecule has 2 rings (SSSR count). The van der Waals surface area contributed by atoms with Crippen molar-refractivity contribution in [2.75, 3.05) is 6.54 Å². The van der Waals surface area contributed by atoms with Gasteiger partial charge in [-0.3, -0.25) is 4.79 Å². The number of amides is 1. The van der Waals surface area contributed by atoms with Crippen LogP contribution in [0, 0.1) is 5.92 Å². The van der Waals surface area contributed by atoms with Gasteiger partial charge in [0.15, 0.2) is 0 Å². The predicted molar refractivity (Wildman–Crippen MR) is 78.1 cm³/mol. The summed E-state index contributed by atoms with van der Waals surface area (Å²) in [7, 11) is 0. The molecule has 19 heavy (non-hydrogen) atoms. The Bertz CT molecular complexity index is 430. The third-order valence-corrected chi connectivity index (χ3v) is 4.06. The van der Waals surface area contributed by atoms with Gasteiger partial charge in [0.1, 0.15) is 0 Å². The van der Waals surface area contributed by atoms with E-state index in [1.807, 2.05) is 24.3 Å². The number of carbonyl (C=O) groups excluding carboxylic acids is 1. The lowest BCUT2D eigenvalue weighted by atomic mass is 9.98. The zero-order valence-corrected chi connectivity index (χ0v) is 11.8. The van der Waals surface area contributed by atoms with E-state index < -0.39 is 0 Å². The van der Waals surface area contributed by atoms with E-state index in [9.17, 15) is 4.79 Å². The highest BCUT2D eigenvalue weighted by atomic mass is 35.5. The van der Waals surface area contributed by atoms with Gasteiger partial charge in [0, 0.05) is 17.6 Å². The van der Waals surface area contributed by atoms with Crippen LogP contribution in [0.3, 0.4) is 0 Å². The Morgan fingerprint density at radius 1 is 1.42 bits per heavy atom. The van der Waals surface area contributed by atoms with Crippen molar-refractivity contribution in [2.45, 2.75) is 38.1 Å². The third-order valence-electron chi connectivity index (χ3n) is 3.82. The van der Waals surface area contributed by atoms with Crippen LogP contribution in [0.15, 0.2) is 24.3 Å². The molecule has 104 valence electrons. The molecule has 1 amide bonds. The average molecular weight is 281 g/mol. The van der Waals surface area contributed by atoms with E-state index >= 15 is 0 Å². The minimum atomic E-state index is 0.0321. The van der Waals surface area contributed by atoms with Gasteiger partial charge < -0.3 is 11.1 Å². The lowest BCUT2D eigenvalue weighted by Gasteiger charge is -2.23. The normalized spacial score (nSPS) is 17.4. The molecule has 1 aromatic rings. The molecule has 0 aromatic heterocycles. The van der Waals surface area contributed by atoms with Gasteiger partial charge in [-0.15, -0.1) is 0 Å². The molecule has 0 saturated heterocycles. The summed E-state index contributed by atoms with van der Waals surface area (Å²) in [5, 5.41) is 3.73. The molecule has 0 spiro atoms. The maximum Gasteiger partial charge on any atom is 0.224 e. The molecule has 3 nitrogen and oxygen atoms in total. The van der Waals surface area contributed by atoms with E-state index in [0.29, 0.717) is 23.9 Å². The quantitative estimate of drug-likeness (QED) is 0.871. The largest absolute Gasteiger partial charge is 0.352 e. The van der Waals surface area contributed by atoms with Crippen LogP contribution in [0.1, 0.15) is 31.2 Å². The van der Waals surface area contributed by atoms with Crippen molar-refractivity contribution in [3.8, 4) is 0 Å². The van der Waals surface area contributed by atoms with Crippen LogP contribution in [0.5, 0.6) is 0 Å². The number of hydrogen-bond acceptors (Lipinski definition) is 2. The molecular formula is C15H21ClN2O. The van der Waals surface area contributed by atoms with E-state index in [-0.39, 0.29) is 11.9 Å². The number of nitrogens with two attached hydrogens (primary N) is 1. The van der Waals surface area contributed by atoms with Crippen LogP contribution in [0.2, 0.25) is 5.02 Å². The fourth-order valence-corrected chi connectivity index (χ4v) is 3.03. The molecule has 1 aliphatic carbocycles. The summed E-state index contributed by atoms with van der Waals surface area (Å²) in [5.41, 5.74) is 6.72. The molecule has 3 N–H and O–H groups in total. The first-order chi connectivity index (χ1) is 9.19. The van der Waals surface area contributed by atoms with Crippen LogP contribution in [0.4, 0.5) is 0 Å². The number of rotatable bonds is 5. The Labute approximate surface area is 119 Å². The molecular weight excluding hydrogens is 260 g/mol. The standard InChI is InChI=1S/C15H21ClN2O/c16-13-7-3-4-11(8-13)9-15(19)18-14(10-17)12-5-1-2-6-12/h3-4,7-8,12,14H,1-2,5-6,9-10,17H2,(H,18,19). The Morgan fingerprint density at radius 2 is 2.16 bits per heavy atom. The molecule has 4 heteroatoms. The third kappa shape index (κ3) is 4.22. The number of hydrogen-bond donors (Lipinski definition) is 2. The van der Waals surface area contributed by atoms with Crippen LogP contribution >= 0.6 is 11.6 Å². The van der Waals surface area contributed by atoms with Crippen molar-refractivity contribution in [1.82, 2.24) is 5.32 Å². The number of carbonyl (C=O) groups is 1. The van der Waals surface area contributed by atoms with Gasteiger partial charge in [0.05, 0.1) is 6.42 Å². The van der Waals surface area contributed by atoms with Gasteiger partial charge in [0.2, 0.25) is 5.91 Å². The van der Waals surface area contributed by atoms with Gasteiger partial charge in [-0.25, -0.2) is 0 Å². The summed E-state index contributed by atoms with van der Waals surface area (Å²) in [6, 6.07) is 7.54. The summed E-state index contributed by atoms with van der Waals surface area (Å²) in [6.07, 6.45) is 5.24. The van der Waals surface area contributed by atoms with E-state index in [0.717, 1.165) is 5.56 Å². The Balaban J connectivity index is 1.89. The van der Waals surface area contributed by atoms with E-state index in [1.54, 1.807) is 0 Å². The molecule has 1 aliphatic rings. The first kappa shape index (κ1) is 14.4. The van der Waals surface area contributed by atoms with E-state index in [2.05, 4.69) is 5.32 Å². The van der Waals surface area contributed by atoms with Gasteiger partial charge in [-0.05, 0) is 36.5 Å². The molecule has 1 saturated carbocycles. The topological polar surface area (TPSA) is 55.1 Å². The Hall–Kier alpha value is -1.06. The number of halogens is 1. The summed E-state index contributed by atoms with van der Waals surface area (Å²) in [4.78, 5) is 12.0. The molecule has 1 fully saturated rings. The fourth-order valence-electron chi connectivity index (χ4n) is 2.82. The monoisotopic (exact) mass is 280 g/mol. The van der Waals surface area contributed by atoms with Crippen molar-refractivity contribution >= 4 is 17.5 Å². The molecule has 1 aromatic carbocycles. The number of nitrogens with one attached hydrogen (secondary N) is 1. The molecule has 0 heterocycles. The fraction of sp³-hybridized carbons (Fsp3) is 0.533. The van der Waals surface area contributed by atoms with Gasteiger partial charge in [-0.2, -0.15) is 0 Å². The number of benzene rings is 1. The van der Waals surface area contributed by atoms with E-state index in [4.69, 9.17) is 17.3 Å². The van der Waals surface area contributed by atoms with Crippen molar-refractivity contribution in [1.29, 1.82) is 0 Å². The predicted octanol–water partition coefficient (Wildman–Crippen LogP) is 2.52. The smallest absolute Gasteiger partial charge is 0.224 e. The van der Waals surface area contributed by atoms with Crippen LogP contribution in [-0.4, -0.2) is 18.5 Å². The highest BCUT2D eigenvalue weighted by molar-refractivity contribution is 6.30. The minimum absolute atomic E-state index is 0.0321.